The molecule has 10 nitrogen and oxygen atoms in total. The van der Waals surface area contributed by atoms with E-state index in [0.29, 0.717) is 26.3 Å². The molecule has 6 N–H and O–H groups in total. The minimum Gasteiger partial charge on any atom is -0.496 e. The van der Waals surface area contributed by atoms with Crippen LogP contribution in [-0.4, -0.2) is 65.7 Å². The first-order valence-electron chi connectivity index (χ1n) is 12.8. The lowest BCUT2D eigenvalue weighted by Crippen LogP contribution is -2.42. The number of nitrogen functional groups attached to an aromatic ring is 1. The third kappa shape index (κ3) is 5.12. The Morgan fingerprint density at radius 2 is 2.00 bits per heavy atom. The van der Waals surface area contributed by atoms with Gasteiger partial charge < -0.3 is 40.9 Å². The van der Waals surface area contributed by atoms with Crippen LogP contribution in [0.25, 0.3) is 11.0 Å². The number of nitrogens with two attached hydrogens (primary N) is 2. The van der Waals surface area contributed by atoms with Crippen LogP contribution in [0, 0.1) is 0 Å². The van der Waals surface area contributed by atoms with E-state index in [1.54, 1.807) is 7.11 Å². The van der Waals surface area contributed by atoms with Crippen molar-refractivity contribution in [2.24, 2.45) is 5.73 Å². The summed E-state index contributed by atoms with van der Waals surface area (Å²) >= 11 is 0. The molecule has 0 aliphatic carbocycles. The van der Waals surface area contributed by atoms with E-state index >= 15 is 0 Å². The summed E-state index contributed by atoms with van der Waals surface area (Å²) in [6.07, 6.45) is 5.45. The molecule has 4 atom stereocenters. The highest BCUT2D eigenvalue weighted by atomic mass is 16.6. The predicted octanol–water partition coefficient (Wildman–Crippen LogP) is 2.26. The Hall–Kier alpha value is -2.92. The zero-order valence-electron chi connectivity index (χ0n) is 21.1. The first-order valence-corrected chi connectivity index (χ1v) is 12.8. The molecule has 0 radical (unpaired) electrons. The lowest BCUT2D eigenvalue weighted by molar-refractivity contribution is 0.0670. The molecule has 5 rings (SSSR count). The number of unbranched alkanes of at least 4 members (excludes halogenated alkanes) is 2. The van der Waals surface area contributed by atoms with Crippen LogP contribution >= 0.6 is 0 Å². The smallest absolute Gasteiger partial charge is 0.222 e. The van der Waals surface area contributed by atoms with Crippen molar-refractivity contribution in [2.75, 3.05) is 37.9 Å². The van der Waals surface area contributed by atoms with Gasteiger partial charge >= 0.3 is 0 Å². The molecule has 0 unspecified atom stereocenters. The number of benzene rings is 1. The van der Waals surface area contributed by atoms with Gasteiger partial charge in [-0.25, -0.2) is 4.98 Å². The highest BCUT2D eigenvalue weighted by molar-refractivity contribution is 5.87. The van der Waals surface area contributed by atoms with Crippen molar-refractivity contribution in [2.45, 2.75) is 63.6 Å². The average Bonchev–Trinajstić information content (AvgIpc) is 3.58. The van der Waals surface area contributed by atoms with Crippen LogP contribution in [0.15, 0.2) is 30.5 Å². The molecular weight excluding hydrogens is 458 g/mol. The fourth-order valence-corrected chi connectivity index (χ4v) is 5.13. The molecule has 2 aliphatic rings. The molecule has 36 heavy (non-hydrogen) atoms. The second kappa shape index (κ2) is 11.0. The van der Waals surface area contributed by atoms with Gasteiger partial charge in [0.25, 0.3) is 0 Å². The maximum absolute atomic E-state index is 6.07. The first-order chi connectivity index (χ1) is 17.6. The van der Waals surface area contributed by atoms with E-state index in [2.05, 4.69) is 50.3 Å². The molecule has 2 aromatic heterocycles. The number of nitrogens with zero attached hydrogens (tertiary/aromatic N) is 3. The summed E-state index contributed by atoms with van der Waals surface area (Å²) in [5.41, 5.74) is 16.0. The van der Waals surface area contributed by atoms with Gasteiger partial charge in [0.05, 0.1) is 44.5 Å². The summed E-state index contributed by atoms with van der Waals surface area (Å²) in [6.45, 7) is 5.53. The van der Waals surface area contributed by atoms with Crippen LogP contribution in [0.3, 0.4) is 0 Å². The van der Waals surface area contributed by atoms with Crippen molar-refractivity contribution in [3.63, 3.8) is 0 Å². The standard InChI is InChI=1S/C26H37N7O3/c1-3-4-5-9-29-25-22-19(31-26(28)32-25)8-10-33(22)13-17-7-6-16(11-21(17)34-2)12-30-20-15-36-23-18(27)14-35-24(20)23/h6-8,10-11,18,20,23-24,30H,3-5,9,12-15,27H2,1-2H3,(H3,28,29,31,32)/t18-,20-,23+,24+/m0/s1. The number of methoxy groups -OCH3 is 1. The monoisotopic (exact) mass is 495 g/mol. The Kier molecular flexibility index (Phi) is 7.56. The van der Waals surface area contributed by atoms with Crippen LogP contribution in [0.2, 0.25) is 0 Å². The highest BCUT2D eigenvalue weighted by Gasteiger charge is 2.45. The number of hydrogen-bond donors (Lipinski definition) is 4. The van der Waals surface area contributed by atoms with Crippen LogP contribution in [0.1, 0.15) is 37.3 Å². The van der Waals surface area contributed by atoms with Crippen LogP contribution in [0.4, 0.5) is 11.8 Å². The van der Waals surface area contributed by atoms with Crippen molar-refractivity contribution >= 4 is 22.8 Å². The van der Waals surface area contributed by atoms with Gasteiger partial charge in [-0.2, -0.15) is 4.98 Å². The van der Waals surface area contributed by atoms with Crippen LogP contribution in [-0.2, 0) is 22.6 Å². The Balaban J connectivity index is 1.29. The fraction of sp³-hybridized carbons (Fsp3) is 0.538. The Morgan fingerprint density at radius 1 is 1.14 bits per heavy atom. The normalized spacial score (nSPS) is 23.3. The number of rotatable bonds is 11. The lowest BCUT2D eigenvalue weighted by atomic mass is 10.1. The van der Waals surface area contributed by atoms with E-state index in [1.807, 2.05) is 12.3 Å². The first kappa shape index (κ1) is 24.8. The van der Waals surface area contributed by atoms with E-state index in [-0.39, 0.29) is 30.2 Å². The number of anilines is 2. The Labute approximate surface area is 211 Å². The molecule has 0 amide bonds. The molecule has 0 spiro atoms. The molecule has 10 heteroatoms. The largest absolute Gasteiger partial charge is 0.496 e. The molecule has 0 bridgehead atoms. The van der Waals surface area contributed by atoms with Crippen molar-refractivity contribution in [1.29, 1.82) is 0 Å². The quantitative estimate of drug-likeness (QED) is 0.295. The van der Waals surface area contributed by atoms with E-state index in [9.17, 15) is 0 Å². The number of hydrogen-bond acceptors (Lipinski definition) is 9. The summed E-state index contributed by atoms with van der Waals surface area (Å²) in [6, 6.07) is 8.40. The van der Waals surface area contributed by atoms with E-state index in [0.717, 1.165) is 46.7 Å². The molecule has 2 fully saturated rings. The number of fused-ring (bicyclic) bond motifs is 2. The molecule has 2 saturated heterocycles. The van der Waals surface area contributed by atoms with Gasteiger partial charge in [0.15, 0.2) is 5.82 Å². The van der Waals surface area contributed by atoms with Crippen molar-refractivity contribution in [3.8, 4) is 5.75 Å². The van der Waals surface area contributed by atoms with Crippen molar-refractivity contribution < 1.29 is 14.2 Å². The second-order valence-electron chi connectivity index (χ2n) is 9.64. The molecule has 194 valence electrons. The second-order valence-corrected chi connectivity index (χ2v) is 9.64. The van der Waals surface area contributed by atoms with Crippen molar-refractivity contribution in [1.82, 2.24) is 19.9 Å². The van der Waals surface area contributed by atoms with Gasteiger partial charge in [0.2, 0.25) is 5.95 Å². The average molecular weight is 496 g/mol. The number of nitrogens with one attached hydrogen (secondary N) is 2. The van der Waals surface area contributed by atoms with Gasteiger partial charge in [-0.15, -0.1) is 0 Å². The van der Waals surface area contributed by atoms with Gasteiger partial charge in [0, 0.05) is 24.8 Å². The predicted molar refractivity (Wildman–Crippen MR) is 140 cm³/mol. The fourth-order valence-electron chi connectivity index (χ4n) is 5.13. The van der Waals surface area contributed by atoms with Gasteiger partial charge in [-0.05, 0) is 24.1 Å². The molecule has 2 aliphatic heterocycles. The molecule has 4 heterocycles. The summed E-state index contributed by atoms with van der Waals surface area (Å²) in [4.78, 5) is 8.91. The maximum Gasteiger partial charge on any atom is 0.222 e. The third-order valence-corrected chi connectivity index (χ3v) is 7.05. The Morgan fingerprint density at radius 3 is 2.83 bits per heavy atom. The summed E-state index contributed by atoms with van der Waals surface area (Å²) in [7, 11) is 1.71. The van der Waals surface area contributed by atoms with E-state index in [1.165, 1.54) is 12.8 Å². The topological polar surface area (TPSA) is 134 Å². The number of aromatic nitrogens is 3. The summed E-state index contributed by atoms with van der Waals surface area (Å²) in [5.74, 6) is 1.88. The summed E-state index contributed by atoms with van der Waals surface area (Å²) < 4.78 is 19.6. The van der Waals surface area contributed by atoms with E-state index in [4.69, 9.17) is 25.7 Å². The highest BCUT2D eigenvalue weighted by Crippen LogP contribution is 2.28. The lowest BCUT2D eigenvalue weighted by Gasteiger charge is -2.18. The van der Waals surface area contributed by atoms with E-state index < -0.39 is 0 Å². The minimum atomic E-state index is -0.0418. The van der Waals surface area contributed by atoms with Gasteiger partial charge in [-0.1, -0.05) is 31.9 Å². The van der Waals surface area contributed by atoms with Crippen LogP contribution < -0.4 is 26.8 Å². The summed E-state index contributed by atoms with van der Waals surface area (Å²) in [5, 5.41) is 7.02. The van der Waals surface area contributed by atoms with Gasteiger partial charge in [0.1, 0.15) is 23.5 Å². The van der Waals surface area contributed by atoms with Gasteiger partial charge in [-0.3, -0.25) is 0 Å². The minimum absolute atomic E-state index is 0.0128. The zero-order valence-corrected chi connectivity index (χ0v) is 21.1. The number of ether oxygens (including phenoxy) is 3. The van der Waals surface area contributed by atoms with Crippen molar-refractivity contribution in [3.05, 3.63) is 41.6 Å². The third-order valence-electron chi connectivity index (χ3n) is 7.05. The molecular formula is C26H37N7O3. The Bertz CT molecular complexity index is 1180. The molecule has 3 aromatic rings. The van der Waals surface area contributed by atoms with Crippen LogP contribution in [0.5, 0.6) is 5.75 Å². The molecule has 1 aromatic carbocycles. The maximum atomic E-state index is 6.07. The SMILES string of the molecule is CCCCCNc1nc(N)nc2ccn(Cc3ccc(CN[C@H]4CO[C@H]5[C@@H]4OC[C@@H]5N)cc3OC)c12. The molecule has 0 saturated carbocycles. The zero-order chi connectivity index (χ0) is 25.1.